The molecule has 4 aliphatic carbocycles. The summed E-state index contributed by atoms with van der Waals surface area (Å²) < 4.78 is 5.97. The molecular formula is C32H54O2. The van der Waals surface area contributed by atoms with E-state index in [-0.39, 0.29) is 18.0 Å². The minimum absolute atomic E-state index is 0.0123. The van der Waals surface area contributed by atoms with Gasteiger partial charge in [0.25, 0.3) is 0 Å². The Bertz CT molecular complexity index is 752. The summed E-state index contributed by atoms with van der Waals surface area (Å²) >= 11 is 0. The summed E-state index contributed by atoms with van der Waals surface area (Å²) in [4.78, 5) is 12.4. The van der Waals surface area contributed by atoms with Crippen LogP contribution < -0.4 is 0 Å². The van der Waals surface area contributed by atoms with E-state index >= 15 is 0 Å². The molecule has 4 aliphatic rings. The molecule has 194 valence electrons. The number of rotatable bonds is 8. The van der Waals surface area contributed by atoms with Gasteiger partial charge in [0.15, 0.2) is 0 Å². The predicted octanol–water partition coefficient (Wildman–Crippen LogP) is 8.99. The molecule has 3 saturated carbocycles. The fraction of sp³-hybridized carbons (Fsp3) is 0.906. The summed E-state index contributed by atoms with van der Waals surface area (Å²) in [6.45, 7) is 16.7. The summed E-state index contributed by atoms with van der Waals surface area (Å²) in [5, 5.41) is 0. The van der Waals surface area contributed by atoms with Gasteiger partial charge >= 0.3 is 5.97 Å². The van der Waals surface area contributed by atoms with E-state index in [9.17, 15) is 4.79 Å². The van der Waals surface area contributed by atoms with Crippen molar-refractivity contribution in [3.8, 4) is 0 Å². The van der Waals surface area contributed by atoms with E-state index in [1.54, 1.807) is 5.57 Å². The van der Waals surface area contributed by atoms with Crippen molar-refractivity contribution in [2.75, 3.05) is 0 Å². The Kier molecular flexibility index (Phi) is 7.96. The predicted molar refractivity (Wildman–Crippen MR) is 142 cm³/mol. The molecule has 2 nitrogen and oxygen atoms in total. The fourth-order valence-corrected chi connectivity index (χ4v) is 9.20. The zero-order valence-corrected chi connectivity index (χ0v) is 23.5. The van der Waals surface area contributed by atoms with E-state index in [1.165, 1.54) is 57.8 Å². The van der Waals surface area contributed by atoms with Crippen LogP contribution in [0.25, 0.3) is 0 Å². The number of carbonyl (C=O) groups excluding carboxylic acids is 1. The molecule has 0 aromatic carbocycles. The van der Waals surface area contributed by atoms with Crippen LogP contribution in [-0.2, 0) is 9.53 Å². The summed E-state index contributed by atoms with van der Waals surface area (Å²) in [6, 6.07) is 0. The van der Waals surface area contributed by atoms with E-state index < -0.39 is 0 Å². The lowest BCUT2D eigenvalue weighted by Crippen LogP contribution is -2.51. The fourth-order valence-electron chi connectivity index (χ4n) is 9.20. The quantitative estimate of drug-likeness (QED) is 0.261. The van der Waals surface area contributed by atoms with Gasteiger partial charge in [0.2, 0.25) is 0 Å². The maximum atomic E-state index is 12.4. The first-order chi connectivity index (χ1) is 16.1. The van der Waals surface area contributed by atoms with Gasteiger partial charge < -0.3 is 4.74 Å². The number of hydrogen-bond donors (Lipinski definition) is 0. The molecule has 0 amide bonds. The molecule has 3 fully saturated rings. The monoisotopic (exact) mass is 470 g/mol. The minimum atomic E-state index is 0.0123. The van der Waals surface area contributed by atoms with Crippen molar-refractivity contribution in [1.82, 2.24) is 0 Å². The van der Waals surface area contributed by atoms with Crippen LogP contribution in [-0.4, -0.2) is 12.1 Å². The van der Waals surface area contributed by atoms with Gasteiger partial charge in [-0.1, -0.05) is 79.4 Å². The second-order valence-corrected chi connectivity index (χ2v) is 13.9. The molecule has 4 rings (SSSR count). The largest absolute Gasteiger partial charge is 0.462 e. The van der Waals surface area contributed by atoms with Crippen molar-refractivity contribution < 1.29 is 9.53 Å². The Morgan fingerprint density at radius 2 is 1.79 bits per heavy atom. The molecule has 0 radical (unpaired) electrons. The molecule has 0 saturated heterocycles. The van der Waals surface area contributed by atoms with Crippen LogP contribution >= 0.6 is 0 Å². The second kappa shape index (κ2) is 10.3. The van der Waals surface area contributed by atoms with Gasteiger partial charge in [-0.2, -0.15) is 0 Å². The zero-order valence-electron chi connectivity index (χ0n) is 23.5. The van der Waals surface area contributed by atoms with Crippen LogP contribution in [0.5, 0.6) is 0 Å². The lowest BCUT2D eigenvalue weighted by atomic mass is 9.47. The van der Waals surface area contributed by atoms with Crippen molar-refractivity contribution in [3.63, 3.8) is 0 Å². The first-order valence-electron chi connectivity index (χ1n) is 15.0. The van der Waals surface area contributed by atoms with Crippen LogP contribution in [0.15, 0.2) is 11.6 Å². The first kappa shape index (κ1) is 26.3. The van der Waals surface area contributed by atoms with Crippen LogP contribution in [0, 0.1) is 52.3 Å². The number of fused-ring (bicyclic) bond motifs is 5. The van der Waals surface area contributed by atoms with Crippen molar-refractivity contribution >= 4 is 5.97 Å². The van der Waals surface area contributed by atoms with Gasteiger partial charge in [0.1, 0.15) is 6.10 Å². The minimum Gasteiger partial charge on any atom is -0.462 e. The van der Waals surface area contributed by atoms with Crippen molar-refractivity contribution in [3.05, 3.63) is 11.6 Å². The summed E-state index contributed by atoms with van der Waals surface area (Å²) in [6.07, 6.45) is 18.1. The summed E-state index contributed by atoms with van der Waals surface area (Å²) in [7, 11) is 0. The topological polar surface area (TPSA) is 26.3 Å². The third-order valence-electron chi connectivity index (χ3n) is 11.6. The van der Waals surface area contributed by atoms with E-state index in [0.717, 1.165) is 54.8 Å². The molecule has 2 heteroatoms. The van der Waals surface area contributed by atoms with E-state index in [4.69, 9.17) is 4.74 Å². The van der Waals surface area contributed by atoms with E-state index in [1.807, 2.05) is 6.92 Å². The molecule has 0 bridgehead atoms. The SMILES string of the molecule is CCC(C)C(=O)OC1CCC2(C)C(=CCC3C2CCC2(C)C(C(C)CCCC(C)C)CCC32)C1. The molecule has 0 aromatic rings. The first-order valence-corrected chi connectivity index (χ1v) is 15.0. The highest BCUT2D eigenvalue weighted by Crippen LogP contribution is 2.67. The average Bonchev–Trinajstić information content (AvgIpc) is 3.15. The highest BCUT2D eigenvalue weighted by Gasteiger charge is 2.59. The van der Waals surface area contributed by atoms with Gasteiger partial charge in [-0.25, -0.2) is 0 Å². The lowest BCUT2D eigenvalue weighted by Gasteiger charge is -2.58. The Labute approximate surface area is 211 Å². The Morgan fingerprint density at radius 3 is 2.50 bits per heavy atom. The summed E-state index contributed by atoms with van der Waals surface area (Å²) in [5.41, 5.74) is 2.52. The van der Waals surface area contributed by atoms with Gasteiger partial charge in [0, 0.05) is 6.42 Å². The van der Waals surface area contributed by atoms with Crippen LogP contribution in [0.3, 0.4) is 0 Å². The molecule has 34 heavy (non-hydrogen) atoms. The third kappa shape index (κ3) is 4.78. The maximum Gasteiger partial charge on any atom is 0.308 e. The van der Waals surface area contributed by atoms with E-state index in [0.29, 0.717) is 10.8 Å². The summed E-state index contributed by atoms with van der Waals surface area (Å²) in [5.74, 6) is 5.32. The molecule has 9 unspecified atom stereocenters. The van der Waals surface area contributed by atoms with Gasteiger partial charge in [-0.15, -0.1) is 0 Å². The normalized spacial score (nSPS) is 41.2. The highest BCUT2D eigenvalue weighted by molar-refractivity contribution is 5.72. The van der Waals surface area contributed by atoms with Gasteiger partial charge in [0.05, 0.1) is 5.92 Å². The molecule has 0 spiro atoms. The van der Waals surface area contributed by atoms with Crippen LogP contribution in [0.1, 0.15) is 126 Å². The number of carbonyl (C=O) groups is 1. The number of hydrogen-bond acceptors (Lipinski definition) is 2. The lowest BCUT2D eigenvalue weighted by molar-refractivity contribution is -0.156. The number of ether oxygens (including phenoxy) is 1. The molecule has 0 N–H and O–H groups in total. The van der Waals surface area contributed by atoms with Crippen molar-refractivity contribution in [1.29, 1.82) is 0 Å². The Hall–Kier alpha value is -0.790. The molecule has 0 aliphatic heterocycles. The smallest absolute Gasteiger partial charge is 0.308 e. The number of allylic oxidation sites excluding steroid dienone is 1. The van der Waals surface area contributed by atoms with E-state index in [2.05, 4.69) is 47.6 Å². The average molecular weight is 471 g/mol. The van der Waals surface area contributed by atoms with Crippen LogP contribution in [0.2, 0.25) is 0 Å². The van der Waals surface area contributed by atoms with Crippen LogP contribution in [0.4, 0.5) is 0 Å². The maximum absolute atomic E-state index is 12.4. The number of esters is 1. The molecular weight excluding hydrogens is 416 g/mol. The Balaban J connectivity index is 1.43. The molecule has 0 heterocycles. The van der Waals surface area contributed by atoms with Gasteiger partial charge in [-0.05, 0) is 97.7 Å². The molecule has 0 aromatic heterocycles. The Morgan fingerprint density at radius 1 is 1.03 bits per heavy atom. The standard InChI is InChI=1S/C32H54O2/c1-8-22(4)30(33)34-25-16-18-31(6)24(20-25)12-13-26-28-15-14-27(23(5)11-9-10-21(2)3)32(28,7)19-17-29(26)31/h12,21-23,25-29H,8-11,13-20H2,1-7H3. The molecule has 9 atom stereocenters. The second-order valence-electron chi connectivity index (χ2n) is 13.9. The van der Waals surface area contributed by atoms with Crippen molar-refractivity contribution in [2.24, 2.45) is 52.3 Å². The zero-order chi connectivity index (χ0) is 24.7. The third-order valence-corrected chi connectivity index (χ3v) is 11.6. The highest BCUT2D eigenvalue weighted by atomic mass is 16.5. The van der Waals surface area contributed by atoms with Crippen molar-refractivity contribution in [2.45, 2.75) is 132 Å². The van der Waals surface area contributed by atoms with Gasteiger partial charge in [-0.3, -0.25) is 4.79 Å².